The number of nitrogens with two attached hydrogens (primary N) is 1. The summed E-state index contributed by atoms with van der Waals surface area (Å²) in [5, 5.41) is 10.4. The van der Waals surface area contributed by atoms with Crippen LogP contribution >= 0.6 is 0 Å². The van der Waals surface area contributed by atoms with Gasteiger partial charge in [0, 0.05) is 17.5 Å². The van der Waals surface area contributed by atoms with Crippen molar-refractivity contribution in [3.8, 4) is 11.4 Å². The lowest BCUT2D eigenvalue weighted by Crippen LogP contribution is -2.40. The van der Waals surface area contributed by atoms with Crippen LogP contribution in [-0.2, 0) is 16.6 Å². The van der Waals surface area contributed by atoms with Gasteiger partial charge in [-0.05, 0) is 24.3 Å². The number of ketones is 1. The number of aromatic nitrogens is 4. The van der Waals surface area contributed by atoms with E-state index in [-0.39, 0.29) is 36.1 Å². The van der Waals surface area contributed by atoms with Crippen molar-refractivity contribution in [3.63, 3.8) is 0 Å². The first-order valence-corrected chi connectivity index (χ1v) is 10.6. The highest BCUT2D eigenvalue weighted by Gasteiger charge is 2.34. The van der Waals surface area contributed by atoms with Gasteiger partial charge in [0.1, 0.15) is 17.3 Å². The van der Waals surface area contributed by atoms with Crippen molar-refractivity contribution in [1.29, 1.82) is 0 Å². The van der Waals surface area contributed by atoms with Gasteiger partial charge in [-0.1, -0.05) is 34.6 Å². The average molecular weight is 471 g/mol. The number of nitrogens with one attached hydrogen (secondary N) is 2. The summed E-state index contributed by atoms with van der Waals surface area (Å²) in [6.07, 6.45) is -0.289. The first-order chi connectivity index (χ1) is 15.8. The number of rotatable bonds is 7. The lowest BCUT2D eigenvalue weighted by Gasteiger charge is -2.21. The molecule has 1 amide bonds. The second-order valence-corrected chi connectivity index (χ2v) is 9.61. The molecule has 0 radical (unpaired) electrons. The Morgan fingerprint density at radius 3 is 2.35 bits per heavy atom. The summed E-state index contributed by atoms with van der Waals surface area (Å²) in [5.41, 5.74) is 4.09. The van der Waals surface area contributed by atoms with Crippen LogP contribution in [0, 0.1) is 11.2 Å². The molecule has 0 aliphatic rings. The summed E-state index contributed by atoms with van der Waals surface area (Å²) in [7, 11) is 0. The molecule has 4 N–H and O–H groups in total. The van der Waals surface area contributed by atoms with E-state index in [9.17, 15) is 18.8 Å². The number of amides is 1. The number of aromatic amines is 1. The molecule has 0 spiro atoms. The third-order valence-corrected chi connectivity index (χ3v) is 5.08. The molecule has 3 aromatic rings. The van der Waals surface area contributed by atoms with E-state index in [4.69, 9.17) is 10.2 Å². The minimum atomic E-state index is -1.04. The van der Waals surface area contributed by atoms with Crippen molar-refractivity contribution in [3.05, 3.63) is 57.9 Å². The number of halogens is 1. The maximum Gasteiger partial charge on any atom is 0.284 e. The van der Waals surface area contributed by atoms with Crippen LogP contribution < -0.4 is 16.6 Å². The van der Waals surface area contributed by atoms with Gasteiger partial charge < -0.3 is 20.5 Å². The standard InChI is InChI=1S/C23H27FN6O4/c1-22(2,3)21-30-29-20(34-21)17(32)23(4,5)11-26-15(31)10-14-16(25)19(33)28-18(27-14)12-6-8-13(24)9-7-12/h6-9H,10-11,25H2,1-5H3,(H,26,31)(H,27,28,33). The highest BCUT2D eigenvalue weighted by molar-refractivity contribution is 5.96. The molecule has 180 valence electrons. The van der Waals surface area contributed by atoms with Crippen LogP contribution in [0.5, 0.6) is 0 Å². The molecule has 34 heavy (non-hydrogen) atoms. The van der Waals surface area contributed by atoms with Gasteiger partial charge >= 0.3 is 0 Å². The van der Waals surface area contributed by atoms with Crippen LogP contribution in [0.2, 0.25) is 0 Å². The third-order valence-electron chi connectivity index (χ3n) is 5.08. The quantitative estimate of drug-likeness (QED) is 0.444. The molecule has 0 fully saturated rings. The monoisotopic (exact) mass is 470 g/mol. The van der Waals surface area contributed by atoms with Gasteiger partial charge in [0.2, 0.25) is 17.6 Å². The second kappa shape index (κ2) is 9.16. The summed E-state index contributed by atoms with van der Waals surface area (Å²) in [5.74, 6) is -0.978. The van der Waals surface area contributed by atoms with Crippen LogP contribution in [0.3, 0.4) is 0 Å². The van der Waals surface area contributed by atoms with Crippen LogP contribution in [0.15, 0.2) is 33.5 Å². The van der Waals surface area contributed by atoms with Crippen LogP contribution in [0.25, 0.3) is 11.4 Å². The number of benzene rings is 1. The lowest BCUT2D eigenvalue weighted by molar-refractivity contribution is -0.120. The lowest BCUT2D eigenvalue weighted by atomic mass is 9.87. The molecule has 0 atom stereocenters. The normalized spacial score (nSPS) is 11.9. The molecule has 0 aliphatic carbocycles. The van der Waals surface area contributed by atoms with E-state index >= 15 is 0 Å². The van der Waals surface area contributed by atoms with E-state index in [1.165, 1.54) is 24.3 Å². The molecule has 2 aromatic heterocycles. The Morgan fingerprint density at radius 1 is 1.12 bits per heavy atom. The molecule has 0 saturated heterocycles. The highest BCUT2D eigenvalue weighted by atomic mass is 19.1. The molecule has 1 aromatic carbocycles. The van der Waals surface area contributed by atoms with Gasteiger partial charge in [0.05, 0.1) is 17.5 Å². The molecule has 0 saturated carbocycles. The average Bonchev–Trinajstić information content (AvgIpc) is 3.26. The fourth-order valence-electron chi connectivity index (χ4n) is 2.93. The Bertz CT molecular complexity index is 1270. The molecule has 0 aliphatic heterocycles. The fourth-order valence-corrected chi connectivity index (χ4v) is 2.93. The van der Waals surface area contributed by atoms with Crippen LogP contribution in [-0.4, -0.2) is 38.4 Å². The third kappa shape index (κ3) is 5.53. The van der Waals surface area contributed by atoms with Crippen molar-refractivity contribution < 1.29 is 18.4 Å². The van der Waals surface area contributed by atoms with E-state index < -0.39 is 33.9 Å². The number of H-pyrrole nitrogens is 1. The minimum Gasteiger partial charge on any atom is -0.418 e. The van der Waals surface area contributed by atoms with Gasteiger partial charge in [-0.2, -0.15) is 0 Å². The number of carbonyl (C=O) groups excluding carboxylic acids is 2. The number of hydrogen-bond donors (Lipinski definition) is 3. The van der Waals surface area contributed by atoms with Crippen LogP contribution in [0.1, 0.15) is 56.9 Å². The summed E-state index contributed by atoms with van der Waals surface area (Å²) in [6.45, 7) is 8.92. The summed E-state index contributed by atoms with van der Waals surface area (Å²) in [6, 6.07) is 5.35. The van der Waals surface area contributed by atoms with E-state index in [0.717, 1.165) is 0 Å². The summed E-state index contributed by atoms with van der Waals surface area (Å²) in [4.78, 5) is 44.4. The highest BCUT2D eigenvalue weighted by Crippen LogP contribution is 2.25. The van der Waals surface area contributed by atoms with Gasteiger partial charge in [-0.25, -0.2) is 9.37 Å². The molecular formula is C23H27FN6O4. The van der Waals surface area contributed by atoms with Gasteiger partial charge in [0.25, 0.3) is 11.4 Å². The Kier molecular flexibility index (Phi) is 6.67. The van der Waals surface area contributed by atoms with E-state index in [0.29, 0.717) is 11.5 Å². The largest absolute Gasteiger partial charge is 0.418 e. The zero-order chi connectivity index (χ0) is 25.3. The molecule has 11 heteroatoms. The van der Waals surface area contributed by atoms with Crippen molar-refractivity contribution in [1.82, 2.24) is 25.5 Å². The van der Waals surface area contributed by atoms with Crippen molar-refractivity contribution >= 4 is 17.4 Å². The SMILES string of the molecule is CC(C)(CNC(=O)Cc1nc(-c2ccc(F)cc2)[nH]c(=O)c1N)C(=O)c1nnc(C(C)(C)C)o1. The fraction of sp³-hybridized carbons (Fsp3) is 0.391. The number of hydrogen-bond acceptors (Lipinski definition) is 8. The molecule has 3 rings (SSSR count). The van der Waals surface area contributed by atoms with Crippen molar-refractivity contribution in [2.45, 2.75) is 46.5 Å². The maximum absolute atomic E-state index is 13.2. The van der Waals surface area contributed by atoms with E-state index in [1.54, 1.807) is 13.8 Å². The predicted molar refractivity (Wildman–Crippen MR) is 122 cm³/mol. The number of nitrogen functional groups attached to an aromatic ring is 1. The van der Waals surface area contributed by atoms with Gasteiger partial charge in [-0.15, -0.1) is 10.2 Å². The van der Waals surface area contributed by atoms with Gasteiger partial charge in [-0.3, -0.25) is 14.4 Å². The van der Waals surface area contributed by atoms with Gasteiger partial charge in [0.15, 0.2) is 0 Å². The first-order valence-electron chi connectivity index (χ1n) is 10.6. The molecule has 0 unspecified atom stereocenters. The summed E-state index contributed by atoms with van der Waals surface area (Å²) < 4.78 is 18.7. The Balaban J connectivity index is 1.70. The first kappa shape index (κ1) is 24.7. The maximum atomic E-state index is 13.2. The van der Waals surface area contributed by atoms with Crippen molar-refractivity contribution in [2.24, 2.45) is 5.41 Å². The zero-order valence-corrected chi connectivity index (χ0v) is 19.7. The number of anilines is 1. The second-order valence-electron chi connectivity index (χ2n) is 9.61. The van der Waals surface area contributed by atoms with E-state index in [1.807, 2.05) is 20.8 Å². The molecule has 2 heterocycles. The Morgan fingerprint density at radius 2 is 1.76 bits per heavy atom. The number of Topliss-reactive ketones (excluding diaryl/α,β-unsaturated/α-hetero) is 1. The Hall–Kier alpha value is -3.89. The van der Waals surface area contributed by atoms with Crippen molar-refractivity contribution in [2.75, 3.05) is 12.3 Å². The summed E-state index contributed by atoms with van der Waals surface area (Å²) >= 11 is 0. The molecule has 10 nitrogen and oxygen atoms in total. The zero-order valence-electron chi connectivity index (χ0n) is 19.7. The number of nitrogens with zero attached hydrogens (tertiary/aromatic N) is 3. The predicted octanol–water partition coefficient (Wildman–Crippen LogP) is 2.41. The molecule has 0 bridgehead atoms. The smallest absolute Gasteiger partial charge is 0.284 e. The van der Waals surface area contributed by atoms with E-state index in [2.05, 4.69) is 25.5 Å². The number of carbonyl (C=O) groups is 2. The van der Waals surface area contributed by atoms with Crippen LogP contribution in [0.4, 0.5) is 10.1 Å². The topological polar surface area (TPSA) is 157 Å². The molecular weight excluding hydrogens is 443 g/mol. The Labute approximate surface area is 195 Å². The minimum absolute atomic E-state index is 0.0220.